The molecule has 0 radical (unpaired) electrons. The largest absolute Gasteiger partial charge is 0.472 e. The first-order valence-corrected chi connectivity index (χ1v) is 27.6. The van der Waals surface area contributed by atoms with Crippen LogP contribution < -0.4 is 11.3 Å². The number of nitrogens with one attached hydrogen (secondary N) is 1. The lowest BCUT2D eigenvalue weighted by Gasteiger charge is -2.40. The van der Waals surface area contributed by atoms with Gasteiger partial charge in [0.1, 0.15) is 48.5 Å². The van der Waals surface area contributed by atoms with E-state index in [-0.39, 0.29) is 32.6 Å². The molecule has 3 saturated heterocycles. The van der Waals surface area contributed by atoms with Crippen molar-refractivity contribution in [1.82, 2.24) is 34.1 Å². The number of fused-ring (bicyclic) bond motifs is 5. The van der Waals surface area contributed by atoms with Gasteiger partial charge in [0, 0.05) is 6.20 Å². The molecule has 4 aromatic rings. The van der Waals surface area contributed by atoms with Crippen molar-refractivity contribution < 1.29 is 55.3 Å². The summed E-state index contributed by atoms with van der Waals surface area (Å²) in [5, 5.41) is -0.718. The Morgan fingerprint density at radius 2 is 1.34 bits per heavy atom. The van der Waals surface area contributed by atoms with Gasteiger partial charge in [-0.05, 0) is 42.3 Å². The normalized spacial score (nSPS) is 33.2. The van der Waals surface area contributed by atoms with Gasteiger partial charge in [0.2, 0.25) is 0 Å². The summed E-state index contributed by atoms with van der Waals surface area (Å²) >= 11 is 0. The number of phosphoric acid groups is 2. The number of pyridine rings is 1. The van der Waals surface area contributed by atoms with Gasteiger partial charge < -0.3 is 43.4 Å². The summed E-state index contributed by atoms with van der Waals surface area (Å²) in [7, 11) is -15.6. The highest BCUT2D eigenvalue weighted by Crippen LogP contribution is 2.56. The Bertz CT molecular complexity index is 2330. The van der Waals surface area contributed by atoms with Crippen LogP contribution in [0.5, 0.6) is 0 Å². The van der Waals surface area contributed by atoms with Crippen LogP contribution in [0.2, 0.25) is 36.3 Å². The molecule has 320 valence electrons. The molecule has 10 atom stereocenters. The summed E-state index contributed by atoms with van der Waals surface area (Å²) in [6.45, 7) is 18.7. The monoisotopic (exact) mass is 886 g/mol. The average Bonchev–Trinajstić information content (AvgIpc) is 3.87. The number of hydrogen-bond acceptors (Lipinski definition) is 16. The third-order valence-corrected chi connectivity index (χ3v) is 22.7. The second-order valence-corrected chi connectivity index (χ2v) is 30.1. The highest BCUT2D eigenvalue weighted by molar-refractivity contribution is 7.47. The number of nitrogens with two attached hydrogens (primary N) is 1. The number of anilines is 1. The molecule has 0 amide bonds. The number of aromatic nitrogens is 7. The van der Waals surface area contributed by atoms with Crippen LogP contribution in [0.1, 0.15) is 54.0 Å². The van der Waals surface area contributed by atoms with E-state index in [1.165, 1.54) is 34.3 Å². The Labute approximate surface area is 336 Å². The number of nitrogen functional groups attached to an aromatic ring is 1. The van der Waals surface area contributed by atoms with E-state index in [0.717, 1.165) is 0 Å². The van der Waals surface area contributed by atoms with E-state index in [0.29, 0.717) is 5.52 Å². The lowest BCUT2D eigenvalue weighted by atomic mass is 10.1. The summed E-state index contributed by atoms with van der Waals surface area (Å²) in [6, 6.07) is 1.58. The number of ether oxygens (including phenoxy) is 2. The van der Waals surface area contributed by atoms with Gasteiger partial charge in [-0.3, -0.25) is 27.5 Å². The van der Waals surface area contributed by atoms with Gasteiger partial charge in [0.15, 0.2) is 46.1 Å². The molecule has 0 spiro atoms. The fraction of sp³-hybridized carbons (Fsp3) is 0.667. The Morgan fingerprint density at radius 1 is 0.793 bits per heavy atom. The second kappa shape index (κ2) is 15.0. The summed E-state index contributed by atoms with van der Waals surface area (Å²) in [5.41, 5.74) is 6.57. The molecule has 4 unspecified atom stereocenters. The molecule has 5 N–H and O–H groups in total. The van der Waals surface area contributed by atoms with Crippen LogP contribution in [-0.2, 0) is 45.6 Å². The van der Waals surface area contributed by atoms with Gasteiger partial charge in [-0.25, -0.2) is 29.1 Å². The summed E-state index contributed by atoms with van der Waals surface area (Å²) < 4.78 is 81.4. The predicted molar refractivity (Wildman–Crippen MR) is 213 cm³/mol. The summed E-state index contributed by atoms with van der Waals surface area (Å²) in [4.78, 5) is 55.2. The van der Waals surface area contributed by atoms with Crippen LogP contribution in [0.4, 0.5) is 5.82 Å². The molecule has 7 rings (SSSR count). The highest BCUT2D eigenvalue weighted by atomic mass is 31.2. The van der Waals surface area contributed by atoms with Gasteiger partial charge in [-0.1, -0.05) is 41.5 Å². The molecule has 4 aromatic heterocycles. The van der Waals surface area contributed by atoms with Gasteiger partial charge >= 0.3 is 15.6 Å². The van der Waals surface area contributed by atoms with Crippen molar-refractivity contribution >= 4 is 60.3 Å². The van der Waals surface area contributed by atoms with E-state index in [9.17, 15) is 23.7 Å². The predicted octanol–water partition coefficient (Wildman–Crippen LogP) is 4.74. The maximum Gasteiger partial charge on any atom is 0.472 e. The van der Waals surface area contributed by atoms with E-state index in [4.69, 9.17) is 42.2 Å². The van der Waals surface area contributed by atoms with Crippen molar-refractivity contribution in [2.75, 3.05) is 18.9 Å². The van der Waals surface area contributed by atoms with Crippen molar-refractivity contribution in [3.8, 4) is 0 Å². The Balaban J connectivity index is 1.30. The molecule has 7 heterocycles. The quantitative estimate of drug-likeness (QED) is 0.150. The highest BCUT2D eigenvalue weighted by Gasteiger charge is 2.58. The third kappa shape index (κ3) is 8.19. The number of hydrogen-bond donors (Lipinski definition) is 4. The number of imidazole rings is 2. The fourth-order valence-corrected chi connectivity index (χ4v) is 11.1. The molecule has 58 heavy (non-hydrogen) atoms. The molecule has 0 aromatic carbocycles. The van der Waals surface area contributed by atoms with Crippen molar-refractivity contribution in [1.29, 1.82) is 0 Å². The molecule has 0 saturated carbocycles. The average molecular weight is 887 g/mol. The Morgan fingerprint density at radius 3 is 1.98 bits per heavy atom. The smallest absolute Gasteiger partial charge is 0.408 e. The van der Waals surface area contributed by atoms with Crippen LogP contribution in [0, 0.1) is 0 Å². The van der Waals surface area contributed by atoms with E-state index >= 15 is 0 Å². The fourth-order valence-electron chi connectivity index (χ4n) is 6.61. The maximum atomic E-state index is 14.2. The first-order chi connectivity index (χ1) is 26.8. The van der Waals surface area contributed by atoms with E-state index in [1.54, 1.807) is 6.07 Å². The zero-order chi connectivity index (χ0) is 42.4. The van der Waals surface area contributed by atoms with Gasteiger partial charge in [-0.2, -0.15) is 0 Å². The van der Waals surface area contributed by atoms with Crippen LogP contribution in [0.25, 0.3) is 22.2 Å². The minimum Gasteiger partial charge on any atom is -0.408 e. The Hall–Kier alpha value is -2.74. The third-order valence-electron chi connectivity index (χ3n) is 11.8. The summed E-state index contributed by atoms with van der Waals surface area (Å²) in [5.74, 6) is 0.110. The molecule has 0 aliphatic carbocycles. The zero-order valence-electron chi connectivity index (χ0n) is 34.0. The number of nitrogens with zero attached hydrogens (tertiary/aromatic N) is 6. The molecular formula is C33H52N8O13P2Si2. The van der Waals surface area contributed by atoms with Crippen LogP contribution in [-0.4, -0.2) is 110 Å². The first kappa shape index (κ1) is 43.4. The molecule has 2 bridgehead atoms. The van der Waals surface area contributed by atoms with Crippen molar-refractivity contribution in [3.63, 3.8) is 0 Å². The van der Waals surface area contributed by atoms with Gasteiger partial charge in [-0.15, -0.1) is 0 Å². The first-order valence-electron chi connectivity index (χ1n) is 18.7. The van der Waals surface area contributed by atoms with Crippen LogP contribution in [0.15, 0.2) is 36.0 Å². The standard InChI is InChI=1S/C33H52N8O13P2Si2/c1-32(2,3)57(7,8)53-24-20-14-48-55(43,44)51-23-19(13-47-56(45,46)52-25(24)30(50-20)40-16-38-21-18(40)11-12-35-29(21)42)49-31(26(23)54-58(9,10)33(4,5)6)41-17-39-22-27(34)36-15-37-28(22)41/h11-12,15-17,19-20,23-26,30-31H,13-14H2,1-10H3,(H,35,42)(H,43,44)(H,45,46)(H2,34,36,37)/t19-,20-,23-,24?,25-,26?,30-,31-/m1/s1. The van der Waals surface area contributed by atoms with E-state index < -0.39 is 100 Å². The maximum absolute atomic E-state index is 14.2. The van der Waals surface area contributed by atoms with Gasteiger partial charge in [0.25, 0.3) is 5.56 Å². The Kier molecular flexibility index (Phi) is 11.2. The number of H-pyrrole nitrogens is 1. The number of rotatable bonds is 6. The lowest BCUT2D eigenvalue weighted by Crippen LogP contribution is -2.50. The second-order valence-electron chi connectivity index (χ2n) is 17.8. The van der Waals surface area contributed by atoms with Crippen LogP contribution >= 0.6 is 15.6 Å². The number of phosphoric ester groups is 2. The minimum absolute atomic E-state index is 0.0748. The molecule has 25 heteroatoms. The van der Waals surface area contributed by atoms with E-state index in [1.807, 2.05) is 67.7 Å². The molecular weight excluding hydrogens is 835 g/mol. The summed E-state index contributed by atoms with van der Waals surface area (Å²) in [6.07, 6.45) is -4.58. The van der Waals surface area contributed by atoms with Crippen molar-refractivity contribution in [3.05, 3.63) is 41.6 Å². The topological polar surface area (TPSA) is 269 Å². The van der Waals surface area contributed by atoms with E-state index in [2.05, 4.69) is 24.9 Å². The number of aromatic amines is 1. The van der Waals surface area contributed by atoms with Gasteiger partial charge in [0.05, 0.1) is 31.4 Å². The molecule has 3 aliphatic rings. The van der Waals surface area contributed by atoms with Crippen molar-refractivity contribution in [2.24, 2.45) is 0 Å². The van der Waals surface area contributed by atoms with Crippen LogP contribution in [0.3, 0.4) is 0 Å². The lowest BCUT2D eigenvalue weighted by molar-refractivity contribution is -0.0670. The molecule has 3 aliphatic heterocycles. The minimum atomic E-state index is -5.09. The SMILES string of the molecule is CC(C)(C)[Si](C)(C)OC1[C@H]2OP(=O)(O)OC[C@H]3O[C@@H](n4cnc5c(N)ncnc54)C(O[Si](C)(C)C(C)(C)C)[C@@H]3OP(=O)(O)OC[C@H]1O[C@H]2n1cnc2c(=O)[nH]ccc21. The zero-order valence-corrected chi connectivity index (χ0v) is 37.7. The molecule has 21 nitrogen and oxygen atoms in total. The van der Waals surface area contributed by atoms with Crippen molar-refractivity contribution in [2.45, 2.75) is 127 Å². The molecule has 3 fully saturated rings.